The standard InChI is InChI=1S/C16H15ClN4O2/c1-2-8-19-16(23)21-13-5-3-12(4-6-13)20-15(22)11-7-9-18-14(17)10-11/h2-7,9-10H,1,8H2,(H,20,22)(H2,19,21,23). The van der Waals surface area contributed by atoms with Crippen LogP contribution in [0.2, 0.25) is 5.15 Å². The van der Waals surface area contributed by atoms with Gasteiger partial charge in [-0.15, -0.1) is 6.58 Å². The first-order valence-corrected chi connectivity index (χ1v) is 7.15. The van der Waals surface area contributed by atoms with Crippen LogP contribution in [-0.4, -0.2) is 23.5 Å². The van der Waals surface area contributed by atoms with Crippen molar-refractivity contribution in [2.24, 2.45) is 0 Å². The molecule has 118 valence electrons. The van der Waals surface area contributed by atoms with Gasteiger partial charge in [0, 0.05) is 29.7 Å². The Labute approximate surface area is 138 Å². The second-order valence-corrected chi connectivity index (χ2v) is 4.91. The van der Waals surface area contributed by atoms with Gasteiger partial charge in [-0.05, 0) is 36.4 Å². The van der Waals surface area contributed by atoms with Crippen molar-refractivity contribution < 1.29 is 9.59 Å². The molecule has 0 fully saturated rings. The minimum Gasteiger partial charge on any atom is -0.334 e. The normalized spacial score (nSPS) is 9.78. The lowest BCUT2D eigenvalue weighted by Gasteiger charge is -2.08. The Kier molecular flexibility index (Phi) is 5.71. The van der Waals surface area contributed by atoms with Crippen LogP contribution in [0.25, 0.3) is 0 Å². The summed E-state index contributed by atoms with van der Waals surface area (Å²) in [5, 5.41) is 8.24. The van der Waals surface area contributed by atoms with Crippen molar-refractivity contribution in [3.8, 4) is 0 Å². The number of amides is 3. The van der Waals surface area contributed by atoms with Crippen molar-refractivity contribution in [2.45, 2.75) is 0 Å². The lowest BCUT2D eigenvalue weighted by Crippen LogP contribution is -2.28. The maximum Gasteiger partial charge on any atom is 0.319 e. The van der Waals surface area contributed by atoms with Crippen LogP contribution in [0.15, 0.2) is 55.3 Å². The summed E-state index contributed by atoms with van der Waals surface area (Å²) >= 11 is 5.75. The summed E-state index contributed by atoms with van der Waals surface area (Å²) in [5.41, 5.74) is 1.62. The van der Waals surface area contributed by atoms with E-state index in [0.717, 1.165) is 0 Å². The highest BCUT2D eigenvalue weighted by atomic mass is 35.5. The van der Waals surface area contributed by atoms with Crippen LogP contribution < -0.4 is 16.0 Å². The van der Waals surface area contributed by atoms with Crippen molar-refractivity contribution in [3.05, 3.63) is 66.0 Å². The molecule has 0 aliphatic carbocycles. The summed E-state index contributed by atoms with van der Waals surface area (Å²) in [7, 11) is 0. The summed E-state index contributed by atoms with van der Waals surface area (Å²) in [6, 6.07) is 9.46. The van der Waals surface area contributed by atoms with E-state index in [1.807, 2.05) is 0 Å². The van der Waals surface area contributed by atoms with Crippen molar-refractivity contribution in [1.29, 1.82) is 0 Å². The van der Waals surface area contributed by atoms with Gasteiger partial charge in [0.05, 0.1) is 0 Å². The number of carbonyl (C=O) groups is 2. The second kappa shape index (κ2) is 7.95. The zero-order chi connectivity index (χ0) is 16.7. The minimum atomic E-state index is -0.326. The van der Waals surface area contributed by atoms with E-state index >= 15 is 0 Å². The average molecular weight is 331 g/mol. The van der Waals surface area contributed by atoms with Gasteiger partial charge < -0.3 is 16.0 Å². The van der Waals surface area contributed by atoms with Crippen LogP contribution in [0.5, 0.6) is 0 Å². The summed E-state index contributed by atoms with van der Waals surface area (Å²) in [4.78, 5) is 27.4. The van der Waals surface area contributed by atoms with Gasteiger partial charge in [0.2, 0.25) is 0 Å². The molecule has 0 saturated carbocycles. The van der Waals surface area contributed by atoms with Crippen LogP contribution in [0.4, 0.5) is 16.2 Å². The Morgan fingerprint density at radius 1 is 1.13 bits per heavy atom. The Morgan fingerprint density at radius 2 is 1.78 bits per heavy atom. The molecule has 1 aromatic carbocycles. The highest BCUT2D eigenvalue weighted by Crippen LogP contribution is 2.15. The minimum absolute atomic E-state index is 0.253. The number of rotatable bonds is 5. The largest absolute Gasteiger partial charge is 0.334 e. The van der Waals surface area contributed by atoms with Gasteiger partial charge in [0.15, 0.2) is 0 Å². The number of aromatic nitrogens is 1. The van der Waals surface area contributed by atoms with Gasteiger partial charge in [0.1, 0.15) is 5.15 Å². The topological polar surface area (TPSA) is 83.1 Å². The Bertz CT molecular complexity index is 716. The molecule has 0 spiro atoms. The molecular formula is C16H15ClN4O2. The molecule has 0 radical (unpaired) electrons. The van der Waals surface area contributed by atoms with Crippen LogP contribution in [-0.2, 0) is 0 Å². The van der Waals surface area contributed by atoms with Gasteiger partial charge in [-0.3, -0.25) is 4.79 Å². The zero-order valence-electron chi connectivity index (χ0n) is 12.2. The fraction of sp³-hybridized carbons (Fsp3) is 0.0625. The summed E-state index contributed by atoms with van der Waals surface area (Å²) in [6.07, 6.45) is 3.05. The van der Waals surface area contributed by atoms with Gasteiger partial charge in [-0.1, -0.05) is 17.7 Å². The average Bonchev–Trinajstić information content (AvgIpc) is 2.54. The third-order valence-electron chi connectivity index (χ3n) is 2.80. The molecule has 0 bridgehead atoms. The zero-order valence-corrected chi connectivity index (χ0v) is 12.9. The third-order valence-corrected chi connectivity index (χ3v) is 3.00. The number of hydrogen-bond acceptors (Lipinski definition) is 3. The monoisotopic (exact) mass is 330 g/mol. The number of benzene rings is 1. The number of anilines is 2. The van der Waals surface area contributed by atoms with E-state index in [4.69, 9.17) is 11.6 Å². The number of pyridine rings is 1. The third kappa shape index (κ3) is 5.12. The van der Waals surface area contributed by atoms with Crippen LogP contribution in [0.1, 0.15) is 10.4 Å². The van der Waals surface area contributed by atoms with E-state index in [0.29, 0.717) is 23.5 Å². The molecule has 0 unspecified atom stereocenters. The summed E-state index contributed by atoms with van der Waals surface area (Å²) < 4.78 is 0. The first-order valence-electron chi connectivity index (χ1n) is 6.77. The first-order chi connectivity index (χ1) is 11.1. The molecule has 2 rings (SSSR count). The van der Waals surface area contributed by atoms with E-state index in [1.165, 1.54) is 12.3 Å². The number of nitrogens with one attached hydrogen (secondary N) is 3. The van der Waals surface area contributed by atoms with E-state index in [1.54, 1.807) is 36.4 Å². The van der Waals surface area contributed by atoms with E-state index in [2.05, 4.69) is 27.5 Å². The molecule has 7 heteroatoms. The van der Waals surface area contributed by atoms with Crippen LogP contribution in [0, 0.1) is 0 Å². The maximum absolute atomic E-state index is 12.1. The first kappa shape index (κ1) is 16.5. The van der Waals surface area contributed by atoms with Crippen molar-refractivity contribution in [1.82, 2.24) is 10.3 Å². The second-order valence-electron chi connectivity index (χ2n) is 4.52. The molecule has 0 aliphatic heterocycles. The highest BCUT2D eigenvalue weighted by molar-refractivity contribution is 6.29. The number of carbonyl (C=O) groups excluding carboxylic acids is 2. The van der Waals surface area contributed by atoms with Crippen LogP contribution in [0.3, 0.4) is 0 Å². The number of halogens is 1. The lowest BCUT2D eigenvalue weighted by atomic mass is 10.2. The molecule has 0 aliphatic rings. The van der Waals surface area contributed by atoms with Gasteiger partial charge in [0.25, 0.3) is 5.91 Å². The Hall–Kier alpha value is -2.86. The smallest absolute Gasteiger partial charge is 0.319 e. The Morgan fingerprint density at radius 3 is 2.39 bits per heavy atom. The van der Waals surface area contributed by atoms with Crippen molar-refractivity contribution in [3.63, 3.8) is 0 Å². The van der Waals surface area contributed by atoms with Gasteiger partial charge >= 0.3 is 6.03 Å². The summed E-state index contributed by atoms with van der Waals surface area (Å²) in [6.45, 7) is 3.90. The lowest BCUT2D eigenvalue weighted by molar-refractivity contribution is 0.102. The molecule has 0 atom stereocenters. The number of hydrogen-bond donors (Lipinski definition) is 3. The molecule has 3 amide bonds. The maximum atomic E-state index is 12.1. The van der Waals surface area contributed by atoms with Crippen LogP contribution >= 0.6 is 11.6 Å². The SMILES string of the molecule is C=CCNC(=O)Nc1ccc(NC(=O)c2ccnc(Cl)c2)cc1. The molecule has 1 heterocycles. The van der Waals surface area contributed by atoms with E-state index in [-0.39, 0.29) is 17.1 Å². The van der Waals surface area contributed by atoms with Gasteiger partial charge in [-0.25, -0.2) is 9.78 Å². The fourth-order valence-corrected chi connectivity index (χ4v) is 1.90. The highest BCUT2D eigenvalue weighted by Gasteiger charge is 2.07. The quantitative estimate of drug-likeness (QED) is 0.581. The van der Waals surface area contributed by atoms with Crippen molar-refractivity contribution >= 4 is 34.9 Å². The number of urea groups is 1. The van der Waals surface area contributed by atoms with Crippen molar-refractivity contribution in [2.75, 3.05) is 17.2 Å². The molecule has 2 aromatic rings. The number of nitrogens with zero attached hydrogens (tertiary/aromatic N) is 1. The molecular weight excluding hydrogens is 316 g/mol. The molecule has 1 aromatic heterocycles. The predicted molar refractivity (Wildman–Crippen MR) is 90.9 cm³/mol. The molecule has 23 heavy (non-hydrogen) atoms. The predicted octanol–water partition coefficient (Wildman–Crippen LogP) is 3.29. The van der Waals surface area contributed by atoms with Gasteiger partial charge in [-0.2, -0.15) is 0 Å². The summed E-state index contributed by atoms with van der Waals surface area (Å²) in [5.74, 6) is -0.293. The van der Waals surface area contributed by atoms with E-state index < -0.39 is 0 Å². The molecule has 3 N–H and O–H groups in total. The Balaban J connectivity index is 1.95. The van der Waals surface area contributed by atoms with E-state index in [9.17, 15) is 9.59 Å². The molecule has 0 saturated heterocycles. The fourth-order valence-electron chi connectivity index (χ4n) is 1.72. The molecule has 6 nitrogen and oxygen atoms in total.